The van der Waals surface area contributed by atoms with Crippen molar-refractivity contribution in [3.05, 3.63) is 87.9 Å². The van der Waals surface area contributed by atoms with Gasteiger partial charge in [0, 0.05) is 27.0 Å². The zero-order chi connectivity index (χ0) is 21.3. The smallest absolute Gasteiger partial charge is 0.323 e. The van der Waals surface area contributed by atoms with Gasteiger partial charge < -0.3 is 15.7 Å². The molecule has 0 aromatic heterocycles. The summed E-state index contributed by atoms with van der Waals surface area (Å²) in [4.78, 5) is 12.7. The number of hydrogen-bond donors (Lipinski definition) is 3. The largest absolute Gasteiger partial charge is 0.508 e. The highest BCUT2D eigenvalue weighted by Gasteiger charge is 2.14. The van der Waals surface area contributed by atoms with E-state index in [1.807, 2.05) is 42.5 Å². The van der Waals surface area contributed by atoms with Gasteiger partial charge in [0.2, 0.25) is 0 Å². The van der Waals surface area contributed by atoms with Crippen molar-refractivity contribution in [3.8, 4) is 16.9 Å². The van der Waals surface area contributed by atoms with Crippen LogP contribution < -0.4 is 10.6 Å². The number of carbonyl (C=O) groups is 1. The molecule has 150 valence electrons. The Kier molecular flexibility index (Phi) is 5.73. The Balaban J connectivity index is 1.62. The minimum Gasteiger partial charge on any atom is -0.508 e. The van der Waals surface area contributed by atoms with Crippen molar-refractivity contribution in [2.45, 2.75) is 0 Å². The van der Waals surface area contributed by atoms with E-state index in [-0.39, 0.29) is 10.8 Å². The van der Waals surface area contributed by atoms with Gasteiger partial charge in [-0.05, 0) is 48.0 Å². The highest BCUT2D eigenvalue weighted by atomic mass is 35.5. The van der Waals surface area contributed by atoms with Crippen molar-refractivity contribution in [2.24, 2.45) is 0 Å². The molecule has 4 rings (SSSR count). The summed E-state index contributed by atoms with van der Waals surface area (Å²) in [5.41, 5.74) is 2.68. The van der Waals surface area contributed by atoms with Crippen molar-refractivity contribution in [3.63, 3.8) is 0 Å². The predicted octanol–water partition coefficient (Wildman–Crippen LogP) is 7.82. The highest BCUT2D eigenvalue weighted by Crippen LogP contribution is 2.38. The quantitative estimate of drug-likeness (QED) is 0.294. The number of amides is 2. The van der Waals surface area contributed by atoms with Crippen molar-refractivity contribution in [1.82, 2.24) is 0 Å². The highest BCUT2D eigenvalue weighted by molar-refractivity contribution is 6.41. The third-order valence-corrected chi connectivity index (χ3v) is 5.51. The molecule has 2 amide bonds. The number of phenols is 1. The fourth-order valence-electron chi connectivity index (χ4n) is 3.20. The number of anilines is 2. The van der Waals surface area contributed by atoms with E-state index in [0.29, 0.717) is 32.2 Å². The molecule has 4 aromatic rings. The second-order valence-corrected chi connectivity index (χ2v) is 7.81. The number of halogens is 3. The molecule has 0 aliphatic rings. The zero-order valence-electron chi connectivity index (χ0n) is 15.4. The Morgan fingerprint density at radius 1 is 0.733 bits per heavy atom. The van der Waals surface area contributed by atoms with E-state index in [1.54, 1.807) is 18.2 Å². The summed E-state index contributed by atoms with van der Waals surface area (Å²) in [6, 6.07) is 20.6. The molecule has 4 nitrogen and oxygen atoms in total. The summed E-state index contributed by atoms with van der Waals surface area (Å²) >= 11 is 18.8. The molecule has 0 saturated heterocycles. The monoisotopic (exact) mass is 456 g/mol. The van der Waals surface area contributed by atoms with E-state index in [1.165, 1.54) is 12.1 Å². The first kappa shape index (κ1) is 20.4. The molecule has 0 unspecified atom stereocenters. The molecule has 0 radical (unpaired) electrons. The average molecular weight is 458 g/mol. The Morgan fingerprint density at radius 2 is 1.53 bits per heavy atom. The van der Waals surface area contributed by atoms with Crippen molar-refractivity contribution < 1.29 is 9.90 Å². The maximum atomic E-state index is 12.7. The molecule has 0 heterocycles. The van der Waals surface area contributed by atoms with E-state index in [4.69, 9.17) is 34.8 Å². The van der Waals surface area contributed by atoms with Gasteiger partial charge in [0.1, 0.15) is 5.75 Å². The third kappa shape index (κ3) is 4.17. The van der Waals surface area contributed by atoms with Gasteiger partial charge in [-0.3, -0.25) is 0 Å². The first-order valence-electron chi connectivity index (χ1n) is 8.96. The number of nitrogens with one attached hydrogen (secondary N) is 2. The average Bonchev–Trinajstić information content (AvgIpc) is 2.71. The lowest BCUT2D eigenvalue weighted by Gasteiger charge is -2.14. The van der Waals surface area contributed by atoms with Crippen LogP contribution in [0.3, 0.4) is 0 Å². The van der Waals surface area contributed by atoms with Crippen LogP contribution in [0.15, 0.2) is 72.8 Å². The Hall–Kier alpha value is -2.92. The van der Waals surface area contributed by atoms with E-state index >= 15 is 0 Å². The standard InChI is InChI=1S/C23H15Cl3N2O2/c24-19-7-2-1-6-16(19)13-4-3-5-14(10-13)27-23(30)28-22-18-11-15(29)8-9-17(18)20(25)12-21(22)26/h1-12,29H,(H2,27,28,30). The van der Waals surface area contributed by atoms with Crippen molar-refractivity contribution in [1.29, 1.82) is 0 Å². The van der Waals surface area contributed by atoms with Gasteiger partial charge in [0.05, 0.1) is 15.7 Å². The van der Waals surface area contributed by atoms with Crippen LogP contribution in [0.25, 0.3) is 21.9 Å². The number of hydrogen-bond acceptors (Lipinski definition) is 2. The number of urea groups is 1. The van der Waals surface area contributed by atoms with Gasteiger partial charge in [-0.15, -0.1) is 0 Å². The topological polar surface area (TPSA) is 61.4 Å². The van der Waals surface area contributed by atoms with Crippen LogP contribution in [0.1, 0.15) is 0 Å². The van der Waals surface area contributed by atoms with Gasteiger partial charge >= 0.3 is 6.03 Å². The number of rotatable bonds is 3. The van der Waals surface area contributed by atoms with Crippen LogP contribution in [-0.4, -0.2) is 11.1 Å². The molecule has 30 heavy (non-hydrogen) atoms. The first-order valence-corrected chi connectivity index (χ1v) is 10.1. The number of benzene rings is 4. The molecular weight excluding hydrogens is 443 g/mol. The lowest BCUT2D eigenvalue weighted by Crippen LogP contribution is -2.19. The maximum Gasteiger partial charge on any atom is 0.323 e. The van der Waals surface area contributed by atoms with Crippen LogP contribution >= 0.6 is 34.8 Å². The summed E-state index contributed by atoms with van der Waals surface area (Å²) < 4.78 is 0. The summed E-state index contributed by atoms with van der Waals surface area (Å²) in [5, 5.41) is 17.9. The molecule has 4 aromatic carbocycles. The maximum absolute atomic E-state index is 12.7. The lowest BCUT2D eigenvalue weighted by molar-refractivity contribution is 0.262. The molecule has 3 N–H and O–H groups in total. The van der Waals surface area contributed by atoms with Crippen molar-refractivity contribution in [2.75, 3.05) is 10.6 Å². The van der Waals surface area contributed by atoms with Crippen molar-refractivity contribution >= 4 is 63.0 Å². The number of carbonyl (C=O) groups excluding carboxylic acids is 1. The van der Waals surface area contributed by atoms with E-state index in [0.717, 1.165) is 11.1 Å². The molecule has 7 heteroatoms. The summed E-state index contributed by atoms with van der Waals surface area (Å²) in [7, 11) is 0. The van der Waals surface area contributed by atoms with Gasteiger partial charge in [-0.2, -0.15) is 0 Å². The Labute approximate surface area is 188 Å². The van der Waals surface area contributed by atoms with Crippen LogP contribution in [-0.2, 0) is 0 Å². The van der Waals surface area contributed by atoms with Crippen LogP contribution in [0.5, 0.6) is 5.75 Å². The molecule has 0 aliphatic carbocycles. The summed E-state index contributed by atoms with van der Waals surface area (Å²) in [6.45, 7) is 0. The van der Waals surface area contributed by atoms with E-state index in [9.17, 15) is 9.90 Å². The normalized spacial score (nSPS) is 10.8. The van der Waals surface area contributed by atoms with Crippen LogP contribution in [0, 0.1) is 0 Å². The molecule has 0 fully saturated rings. The minimum absolute atomic E-state index is 0.0386. The lowest BCUT2D eigenvalue weighted by atomic mass is 10.1. The van der Waals surface area contributed by atoms with Gasteiger partial charge in [0.25, 0.3) is 0 Å². The SMILES string of the molecule is O=C(Nc1cccc(-c2ccccc2Cl)c1)Nc1c(Cl)cc(Cl)c2ccc(O)cc12. The van der Waals surface area contributed by atoms with Gasteiger partial charge in [0.15, 0.2) is 0 Å². The number of phenolic OH excluding ortho intramolecular Hbond substituents is 1. The Morgan fingerprint density at radius 3 is 2.33 bits per heavy atom. The second kappa shape index (κ2) is 8.44. The fourth-order valence-corrected chi connectivity index (χ4v) is 4.03. The minimum atomic E-state index is -0.486. The second-order valence-electron chi connectivity index (χ2n) is 6.58. The van der Waals surface area contributed by atoms with Gasteiger partial charge in [-0.1, -0.05) is 65.1 Å². The Bertz CT molecular complexity index is 1270. The molecule has 0 saturated carbocycles. The van der Waals surface area contributed by atoms with Crippen LogP contribution in [0.2, 0.25) is 15.1 Å². The fraction of sp³-hybridized carbons (Fsp3) is 0. The third-order valence-electron chi connectivity index (χ3n) is 4.57. The number of aromatic hydroxyl groups is 1. The first-order chi connectivity index (χ1) is 14.4. The molecule has 0 spiro atoms. The molecule has 0 atom stereocenters. The predicted molar refractivity (Wildman–Crippen MR) is 125 cm³/mol. The zero-order valence-corrected chi connectivity index (χ0v) is 17.7. The summed E-state index contributed by atoms with van der Waals surface area (Å²) in [5.74, 6) is 0.0386. The molecule has 0 bridgehead atoms. The van der Waals surface area contributed by atoms with E-state index < -0.39 is 6.03 Å². The molecule has 0 aliphatic heterocycles. The molecular formula is C23H15Cl3N2O2. The summed E-state index contributed by atoms with van der Waals surface area (Å²) in [6.07, 6.45) is 0. The number of fused-ring (bicyclic) bond motifs is 1. The van der Waals surface area contributed by atoms with E-state index in [2.05, 4.69) is 10.6 Å². The van der Waals surface area contributed by atoms with Gasteiger partial charge in [-0.25, -0.2) is 4.79 Å². The van der Waals surface area contributed by atoms with Crippen LogP contribution in [0.4, 0.5) is 16.2 Å².